The molecule has 0 radical (unpaired) electrons. The van der Waals surface area contributed by atoms with Gasteiger partial charge in [0.2, 0.25) is 0 Å². The number of anilines is 1. The molecule has 31 heavy (non-hydrogen) atoms. The van der Waals surface area contributed by atoms with Crippen molar-refractivity contribution in [3.63, 3.8) is 0 Å². The molecule has 162 valence electrons. The Morgan fingerprint density at radius 3 is 2.68 bits per heavy atom. The van der Waals surface area contributed by atoms with Gasteiger partial charge in [0.1, 0.15) is 0 Å². The van der Waals surface area contributed by atoms with E-state index in [1.54, 1.807) is 36.4 Å². The van der Waals surface area contributed by atoms with Crippen molar-refractivity contribution in [2.24, 2.45) is 0 Å². The summed E-state index contributed by atoms with van der Waals surface area (Å²) in [4.78, 5) is 27.4. The van der Waals surface area contributed by atoms with Gasteiger partial charge in [-0.15, -0.1) is 0 Å². The summed E-state index contributed by atoms with van der Waals surface area (Å²) >= 11 is 6.17. The summed E-state index contributed by atoms with van der Waals surface area (Å²) in [6.45, 7) is 3.65. The smallest absolute Gasteiger partial charge is 0.291 e. The Hall–Kier alpha value is -2.83. The molecule has 2 N–H and O–H groups in total. The Kier molecular flexibility index (Phi) is 6.89. The van der Waals surface area contributed by atoms with E-state index in [1.807, 2.05) is 12.1 Å². The van der Waals surface area contributed by atoms with Gasteiger partial charge in [0.15, 0.2) is 11.5 Å². The van der Waals surface area contributed by atoms with Crippen molar-refractivity contribution >= 4 is 35.2 Å². The van der Waals surface area contributed by atoms with Gasteiger partial charge in [0.05, 0.1) is 5.69 Å². The summed E-state index contributed by atoms with van der Waals surface area (Å²) in [6, 6.07) is 12.2. The minimum Gasteiger partial charge on any atom is -0.449 e. The number of benzene rings is 2. The molecule has 0 unspecified atom stereocenters. The zero-order valence-corrected chi connectivity index (χ0v) is 18.1. The largest absolute Gasteiger partial charge is 0.449 e. The zero-order chi connectivity index (χ0) is 21.6. The molecule has 0 saturated carbocycles. The highest BCUT2D eigenvalue weighted by Gasteiger charge is 2.23. The van der Waals surface area contributed by atoms with Gasteiger partial charge in [0.25, 0.3) is 11.8 Å². The normalized spacial score (nSPS) is 18.0. The monoisotopic (exact) mass is 439 g/mol. The van der Waals surface area contributed by atoms with Crippen LogP contribution in [-0.4, -0.2) is 42.9 Å². The van der Waals surface area contributed by atoms with Crippen LogP contribution in [0.2, 0.25) is 5.02 Å². The first-order chi connectivity index (χ1) is 15.1. The number of ether oxygens (including phenoxy) is 1. The number of nitrogens with one attached hydrogen (secondary N) is 2. The lowest BCUT2D eigenvalue weighted by Gasteiger charge is -2.21. The van der Waals surface area contributed by atoms with Crippen LogP contribution in [0.5, 0.6) is 5.75 Å². The van der Waals surface area contributed by atoms with E-state index in [-0.39, 0.29) is 17.6 Å². The van der Waals surface area contributed by atoms with Crippen molar-refractivity contribution in [2.45, 2.75) is 25.7 Å². The maximum atomic E-state index is 12.6. The van der Waals surface area contributed by atoms with E-state index >= 15 is 0 Å². The standard InChI is InChI=1S/C24H26ClN3O3/c25-19-8-4-3-7-17(19)16-22-24(30)27-20-15-18(9-10-21(20)31-22)23(29)26-11-14-28-12-5-1-2-6-13-28/h3-4,7-10,15-16H,1-2,5-6,11-14H2,(H,26,29)(H,27,30). The summed E-state index contributed by atoms with van der Waals surface area (Å²) in [5.41, 5.74) is 1.65. The second-order valence-corrected chi connectivity index (χ2v) is 8.22. The van der Waals surface area contributed by atoms with Crippen LogP contribution in [0.3, 0.4) is 0 Å². The fourth-order valence-corrected chi connectivity index (χ4v) is 4.01. The molecule has 2 amide bonds. The molecule has 2 aliphatic heterocycles. The summed E-state index contributed by atoms with van der Waals surface area (Å²) in [5, 5.41) is 6.30. The molecular weight excluding hydrogens is 414 g/mol. The molecule has 2 aromatic carbocycles. The number of rotatable bonds is 5. The predicted octanol–water partition coefficient (Wildman–Crippen LogP) is 4.32. The number of likely N-dealkylation sites (tertiary alicyclic amines) is 1. The van der Waals surface area contributed by atoms with E-state index in [0.717, 1.165) is 19.6 Å². The van der Waals surface area contributed by atoms with Gasteiger partial charge in [-0.3, -0.25) is 9.59 Å². The number of amides is 2. The first-order valence-corrected chi connectivity index (χ1v) is 11.1. The Morgan fingerprint density at radius 2 is 1.90 bits per heavy atom. The van der Waals surface area contributed by atoms with Gasteiger partial charge >= 0.3 is 0 Å². The number of fused-ring (bicyclic) bond motifs is 1. The highest BCUT2D eigenvalue weighted by atomic mass is 35.5. The zero-order valence-electron chi connectivity index (χ0n) is 17.3. The number of hydrogen-bond donors (Lipinski definition) is 2. The lowest BCUT2D eigenvalue weighted by Crippen LogP contribution is -2.35. The van der Waals surface area contributed by atoms with E-state index in [0.29, 0.717) is 34.1 Å². The van der Waals surface area contributed by atoms with Crippen molar-refractivity contribution < 1.29 is 14.3 Å². The van der Waals surface area contributed by atoms with Crippen LogP contribution in [0.4, 0.5) is 5.69 Å². The van der Waals surface area contributed by atoms with Crippen molar-refractivity contribution in [1.82, 2.24) is 10.2 Å². The topological polar surface area (TPSA) is 70.7 Å². The maximum Gasteiger partial charge on any atom is 0.291 e. The van der Waals surface area contributed by atoms with E-state index in [9.17, 15) is 9.59 Å². The molecule has 0 atom stereocenters. The first kappa shape index (κ1) is 21.4. The SMILES string of the molecule is O=C1Nc2cc(C(=O)NCCN3CCCCCC3)ccc2OC1=Cc1ccccc1Cl. The first-order valence-electron chi connectivity index (χ1n) is 10.7. The lowest BCUT2D eigenvalue weighted by molar-refractivity contribution is -0.115. The minimum atomic E-state index is -0.383. The molecule has 2 heterocycles. The van der Waals surface area contributed by atoms with Crippen LogP contribution >= 0.6 is 11.6 Å². The molecule has 1 saturated heterocycles. The molecule has 0 aromatic heterocycles. The van der Waals surface area contributed by atoms with Crippen molar-refractivity contribution in [3.05, 3.63) is 64.4 Å². The highest BCUT2D eigenvalue weighted by molar-refractivity contribution is 6.32. The van der Waals surface area contributed by atoms with Gasteiger partial charge in [-0.05, 0) is 61.8 Å². The van der Waals surface area contributed by atoms with Crippen LogP contribution in [0.25, 0.3) is 6.08 Å². The quantitative estimate of drug-likeness (QED) is 0.681. The van der Waals surface area contributed by atoms with E-state index in [2.05, 4.69) is 15.5 Å². The van der Waals surface area contributed by atoms with Gasteiger partial charge in [-0.1, -0.05) is 42.6 Å². The highest BCUT2D eigenvalue weighted by Crippen LogP contribution is 2.33. The molecular formula is C24H26ClN3O3. The Bertz CT molecular complexity index is 997. The molecule has 0 bridgehead atoms. The van der Waals surface area contributed by atoms with Crippen LogP contribution in [0.1, 0.15) is 41.6 Å². The average Bonchev–Trinajstić information content (AvgIpc) is 3.04. The van der Waals surface area contributed by atoms with Gasteiger partial charge in [0, 0.05) is 23.7 Å². The number of carbonyl (C=O) groups is 2. The van der Waals surface area contributed by atoms with Crippen molar-refractivity contribution in [3.8, 4) is 5.75 Å². The summed E-state index contributed by atoms with van der Waals surface area (Å²) in [7, 11) is 0. The third kappa shape index (κ3) is 5.46. The van der Waals surface area contributed by atoms with Crippen molar-refractivity contribution in [2.75, 3.05) is 31.5 Å². The number of hydrogen-bond acceptors (Lipinski definition) is 4. The second kappa shape index (κ2) is 9.98. The van der Waals surface area contributed by atoms with Crippen molar-refractivity contribution in [1.29, 1.82) is 0 Å². The minimum absolute atomic E-state index is 0.148. The van der Waals surface area contributed by atoms with Gasteiger partial charge < -0.3 is 20.3 Å². The van der Waals surface area contributed by atoms with E-state index in [1.165, 1.54) is 25.7 Å². The molecule has 1 fully saturated rings. The van der Waals surface area contributed by atoms with E-state index in [4.69, 9.17) is 16.3 Å². The van der Waals surface area contributed by atoms with Crippen LogP contribution < -0.4 is 15.4 Å². The van der Waals surface area contributed by atoms with Crippen LogP contribution in [0, 0.1) is 0 Å². The van der Waals surface area contributed by atoms with Gasteiger partial charge in [-0.25, -0.2) is 0 Å². The van der Waals surface area contributed by atoms with Gasteiger partial charge in [-0.2, -0.15) is 0 Å². The Labute approximate surface area is 187 Å². The molecule has 7 heteroatoms. The Morgan fingerprint density at radius 1 is 1.13 bits per heavy atom. The Balaban J connectivity index is 1.39. The lowest BCUT2D eigenvalue weighted by atomic mass is 10.1. The molecule has 6 nitrogen and oxygen atoms in total. The molecule has 2 aromatic rings. The molecule has 0 aliphatic carbocycles. The second-order valence-electron chi connectivity index (χ2n) is 7.81. The summed E-state index contributed by atoms with van der Waals surface area (Å²) in [5.74, 6) is 0.0877. The van der Waals surface area contributed by atoms with E-state index < -0.39 is 0 Å². The molecule has 0 spiro atoms. The fraction of sp³-hybridized carbons (Fsp3) is 0.333. The number of halogens is 1. The summed E-state index contributed by atoms with van der Waals surface area (Å²) < 4.78 is 5.76. The fourth-order valence-electron chi connectivity index (χ4n) is 3.82. The van der Waals surface area contributed by atoms with Crippen LogP contribution in [-0.2, 0) is 4.79 Å². The number of carbonyl (C=O) groups excluding carboxylic acids is 2. The predicted molar refractivity (Wildman–Crippen MR) is 122 cm³/mol. The maximum absolute atomic E-state index is 12.6. The number of nitrogens with zero attached hydrogens (tertiary/aromatic N) is 1. The molecule has 2 aliphatic rings. The van der Waals surface area contributed by atoms with Crippen LogP contribution in [0.15, 0.2) is 48.2 Å². The third-order valence-corrected chi connectivity index (χ3v) is 5.88. The average molecular weight is 440 g/mol. The third-order valence-electron chi connectivity index (χ3n) is 5.54. The summed E-state index contributed by atoms with van der Waals surface area (Å²) in [6.07, 6.45) is 6.64. The molecule has 4 rings (SSSR count).